The maximum atomic E-state index is 12.1. The molecule has 0 radical (unpaired) electrons. The highest BCUT2D eigenvalue weighted by atomic mass is 16.5. The summed E-state index contributed by atoms with van der Waals surface area (Å²) in [6.07, 6.45) is 0.255. The van der Waals surface area contributed by atoms with Crippen LogP contribution in [0.4, 0.5) is 0 Å². The fourth-order valence-electron chi connectivity index (χ4n) is 3.73. The zero-order chi connectivity index (χ0) is 16.7. The lowest BCUT2D eigenvalue weighted by Gasteiger charge is -2.44. The Hall–Kier alpha value is -1.93. The summed E-state index contributed by atoms with van der Waals surface area (Å²) in [5, 5.41) is 22.4. The van der Waals surface area contributed by atoms with E-state index in [9.17, 15) is 19.8 Å². The monoisotopic (exact) mass is 323 g/mol. The maximum Gasteiger partial charge on any atom is 0.352 e. The number of carbonyl (C=O) groups is 2. The minimum absolute atomic E-state index is 0.0169. The summed E-state index contributed by atoms with van der Waals surface area (Å²) in [6.45, 7) is 2.54. The highest BCUT2D eigenvalue weighted by Crippen LogP contribution is 2.44. The molecule has 0 saturated carbocycles. The van der Waals surface area contributed by atoms with Gasteiger partial charge in [0.25, 0.3) is 0 Å². The number of fused-ring (bicyclic) bond motifs is 1. The molecule has 8 nitrogen and oxygen atoms in total. The lowest BCUT2D eigenvalue weighted by molar-refractivity contribution is -0.161. The number of nitrogens with one attached hydrogen (secondary N) is 1. The second-order valence-electron chi connectivity index (χ2n) is 6.27. The van der Waals surface area contributed by atoms with Crippen molar-refractivity contribution in [3.8, 4) is 0 Å². The number of aliphatic hydroxyl groups is 1. The van der Waals surface area contributed by atoms with Crippen molar-refractivity contribution in [2.45, 2.75) is 38.0 Å². The number of carboxylic acid groups (broad SMARTS) is 1. The number of aliphatic imine (C=N–C) groups is 1. The molecule has 126 valence electrons. The van der Waals surface area contributed by atoms with Crippen molar-refractivity contribution < 1.29 is 24.5 Å². The number of hydrogen-bond donors (Lipinski definition) is 3. The number of rotatable bonds is 6. The van der Waals surface area contributed by atoms with E-state index in [4.69, 9.17) is 4.74 Å². The van der Waals surface area contributed by atoms with Crippen molar-refractivity contribution in [1.29, 1.82) is 0 Å². The molecule has 0 aromatic carbocycles. The summed E-state index contributed by atoms with van der Waals surface area (Å²) < 4.78 is 5.02. The number of hydrogen-bond acceptors (Lipinski definition) is 6. The molecule has 0 bridgehead atoms. The largest absolute Gasteiger partial charge is 0.477 e. The summed E-state index contributed by atoms with van der Waals surface area (Å²) in [6, 6.07) is -0.215. The number of β-lactam (4-membered cyclic amide) rings is 1. The summed E-state index contributed by atoms with van der Waals surface area (Å²) >= 11 is 0. The van der Waals surface area contributed by atoms with Crippen LogP contribution in [0.15, 0.2) is 16.3 Å². The number of carboxylic acids is 1. The number of nitrogens with zero attached hydrogens (tertiary/aromatic N) is 2. The number of carbonyl (C=O) groups excluding carboxylic acids is 1. The molecule has 0 aromatic heterocycles. The molecule has 1 fully saturated rings. The van der Waals surface area contributed by atoms with E-state index in [1.54, 1.807) is 14.0 Å². The third kappa shape index (κ3) is 2.61. The molecule has 3 N–H and O–H groups in total. The van der Waals surface area contributed by atoms with Gasteiger partial charge in [-0.05, 0) is 25.3 Å². The van der Waals surface area contributed by atoms with Crippen LogP contribution in [0.3, 0.4) is 0 Å². The summed E-state index contributed by atoms with van der Waals surface area (Å²) in [7, 11) is 1.59. The quantitative estimate of drug-likeness (QED) is 0.560. The van der Waals surface area contributed by atoms with Crippen molar-refractivity contribution in [2.75, 3.05) is 20.3 Å². The Labute approximate surface area is 133 Å². The van der Waals surface area contributed by atoms with Gasteiger partial charge in [-0.15, -0.1) is 0 Å². The molecular formula is C15H21N3O5. The number of methoxy groups -OCH3 is 1. The van der Waals surface area contributed by atoms with Crippen LogP contribution < -0.4 is 5.32 Å². The van der Waals surface area contributed by atoms with E-state index in [2.05, 4.69) is 10.3 Å². The van der Waals surface area contributed by atoms with Gasteiger partial charge in [-0.3, -0.25) is 9.79 Å². The van der Waals surface area contributed by atoms with E-state index in [1.807, 2.05) is 0 Å². The van der Waals surface area contributed by atoms with Crippen LogP contribution in [0.25, 0.3) is 0 Å². The molecule has 8 heteroatoms. The first kappa shape index (κ1) is 15.9. The third-order valence-corrected chi connectivity index (χ3v) is 4.67. The Balaban J connectivity index is 1.72. The maximum absolute atomic E-state index is 12.1. The molecule has 1 saturated heterocycles. The predicted octanol–water partition coefficient (Wildman–Crippen LogP) is -0.657. The van der Waals surface area contributed by atoms with Crippen LogP contribution in [0.2, 0.25) is 0 Å². The van der Waals surface area contributed by atoms with Gasteiger partial charge >= 0.3 is 5.97 Å². The number of aliphatic hydroxyl groups excluding tert-OH is 1. The van der Waals surface area contributed by atoms with E-state index in [-0.39, 0.29) is 23.7 Å². The van der Waals surface area contributed by atoms with Crippen molar-refractivity contribution in [2.24, 2.45) is 10.9 Å². The Morgan fingerprint density at radius 1 is 1.57 bits per heavy atom. The Kier molecular flexibility index (Phi) is 4.11. The second-order valence-corrected chi connectivity index (χ2v) is 6.27. The Morgan fingerprint density at radius 2 is 2.30 bits per heavy atom. The minimum Gasteiger partial charge on any atom is -0.477 e. The zero-order valence-electron chi connectivity index (χ0n) is 13.2. The lowest BCUT2D eigenvalue weighted by Crippen LogP contribution is -2.61. The van der Waals surface area contributed by atoms with E-state index < -0.39 is 18.0 Å². The Bertz CT molecular complexity index is 598. The van der Waals surface area contributed by atoms with Gasteiger partial charge in [0.1, 0.15) is 18.1 Å². The molecule has 0 spiro atoms. The van der Waals surface area contributed by atoms with Gasteiger partial charge in [0.2, 0.25) is 5.91 Å². The molecule has 23 heavy (non-hydrogen) atoms. The van der Waals surface area contributed by atoms with Crippen LogP contribution in [0.5, 0.6) is 0 Å². The van der Waals surface area contributed by atoms with Gasteiger partial charge in [0.15, 0.2) is 0 Å². The predicted molar refractivity (Wildman–Crippen MR) is 80.8 cm³/mol. The molecule has 3 heterocycles. The molecule has 3 aliphatic rings. The molecule has 0 unspecified atom stereocenters. The highest BCUT2D eigenvalue weighted by Gasteiger charge is 2.56. The van der Waals surface area contributed by atoms with Crippen LogP contribution in [-0.4, -0.2) is 71.3 Å². The van der Waals surface area contributed by atoms with Gasteiger partial charge in [0, 0.05) is 7.11 Å². The van der Waals surface area contributed by atoms with Crippen molar-refractivity contribution >= 4 is 17.7 Å². The van der Waals surface area contributed by atoms with E-state index >= 15 is 0 Å². The molecule has 0 aromatic rings. The normalized spacial score (nSPS) is 30.7. The first-order valence-corrected chi connectivity index (χ1v) is 7.69. The van der Waals surface area contributed by atoms with Crippen molar-refractivity contribution in [3.05, 3.63) is 11.3 Å². The van der Waals surface area contributed by atoms with Crippen LogP contribution >= 0.6 is 0 Å². The summed E-state index contributed by atoms with van der Waals surface area (Å²) in [4.78, 5) is 29.4. The van der Waals surface area contributed by atoms with E-state index in [0.717, 1.165) is 11.4 Å². The van der Waals surface area contributed by atoms with Gasteiger partial charge in [0.05, 0.1) is 30.7 Å². The van der Waals surface area contributed by atoms with Gasteiger partial charge in [-0.2, -0.15) is 0 Å². The SMILES string of the molecule is COCC1=NC[C@@H](CC2=C(C(=O)O)N3C(=O)[C@H]([C@@H](C)O)[C@H]3C2)N1. The summed E-state index contributed by atoms with van der Waals surface area (Å²) in [5.41, 5.74) is 0.823. The van der Waals surface area contributed by atoms with E-state index in [1.165, 1.54) is 4.90 Å². The molecule has 0 aliphatic carbocycles. The lowest BCUT2D eigenvalue weighted by atomic mass is 9.82. The molecule has 4 atom stereocenters. The number of amidine groups is 1. The number of amides is 1. The van der Waals surface area contributed by atoms with E-state index in [0.29, 0.717) is 26.0 Å². The topological polar surface area (TPSA) is 111 Å². The van der Waals surface area contributed by atoms with Crippen LogP contribution in [-0.2, 0) is 14.3 Å². The standard InChI is InChI=1S/C15H21N3O5/c1-7(19)12-10-4-8(13(15(21)22)18(10)14(12)20)3-9-5-16-11(17-9)6-23-2/h7,9-10,12,19H,3-6H2,1-2H3,(H,16,17)(H,21,22)/t7-,9-,10-,12-/m1/s1. The van der Waals surface area contributed by atoms with Gasteiger partial charge in [-0.1, -0.05) is 0 Å². The van der Waals surface area contributed by atoms with Gasteiger partial charge in [-0.25, -0.2) is 4.79 Å². The average molecular weight is 323 g/mol. The summed E-state index contributed by atoms with van der Waals surface area (Å²) in [5.74, 6) is -1.13. The molecule has 3 aliphatic heterocycles. The highest BCUT2D eigenvalue weighted by molar-refractivity contribution is 5.99. The molecular weight excluding hydrogens is 302 g/mol. The van der Waals surface area contributed by atoms with Crippen LogP contribution in [0.1, 0.15) is 19.8 Å². The second kappa shape index (κ2) is 5.93. The Morgan fingerprint density at radius 3 is 2.91 bits per heavy atom. The first-order chi connectivity index (χ1) is 10.9. The van der Waals surface area contributed by atoms with Crippen molar-refractivity contribution in [3.63, 3.8) is 0 Å². The van der Waals surface area contributed by atoms with Crippen LogP contribution in [0, 0.1) is 5.92 Å². The third-order valence-electron chi connectivity index (χ3n) is 4.67. The zero-order valence-corrected chi connectivity index (χ0v) is 13.2. The molecule has 3 rings (SSSR count). The first-order valence-electron chi connectivity index (χ1n) is 7.69. The van der Waals surface area contributed by atoms with Gasteiger partial charge < -0.3 is 25.2 Å². The molecule has 1 amide bonds. The fourth-order valence-corrected chi connectivity index (χ4v) is 3.73. The van der Waals surface area contributed by atoms with Crippen molar-refractivity contribution in [1.82, 2.24) is 10.2 Å². The number of ether oxygens (including phenoxy) is 1. The minimum atomic E-state index is -1.09. The number of aliphatic carboxylic acids is 1. The smallest absolute Gasteiger partial charge is 0.352 e. The fraction of sp³-hybridized carbons (Fsp3) is 0.667. The average Bonchev–Trinajstić information content (AvgIpc) is 3.02.